The van der Waals surface area contributed by atoms with Crippen molar-refractivity contribution in [2.75, 3.05) is 24.5 Å². The zero-order valence-corrected chi connectivity index (χ0v) is 20.0. The number of nitrogens with one attached hydrogen (secondary N) is 2. The van der Waals surface area contributed by atoms with Gasteiger partial charge < -0.3 is 10.2 Å². The van der Waals surface area contributed by atoms with Gasteiger partial charge in [0.2, 0.25) is 10.0 Å². The van der Waals surface area contributed by atoms with Crippen LogP contribution in [0.2, 0.25) is 0 Å². The van der Waals surface area contributed by atoms with Gasteiger partial charge in [-0.2, -0.15) is 5.26 Å². The smallest absolute Gasteiger partial charge is 0.251 e. The summed E-state index contributed by atoms with van der Waals surface area (Å²) in [5, 5.41) is 11.5. The van der Waals surface area contributed by atoms with E-state index in [0.29, 0.717) is 12.1 Å². The Kier molecular flexibility index (Phi) is 7.53. The molecule has 0 saturated heterocycles. The number of nitriles is 1. The third-order valence-electron chi connectivity index (χ3n) is 5.33. The van der Waals surface area contributed by atoms with E-state index in [1.165, 1.54) is 34.1 Å². The zero-order chi connectivity index (χ0) is 24.0. The summed E-state index contributed by atoms with van der Waals surface area (Å²) in [4.78, 5) is 17.3. The Morgan fingerprint density at radius 3 is 2.15 bits per heavy atom. The van der Waals surface area contributed by atoms with Crippen molar-refractivity contribution in [1.82, 2.24) is 10.0 Å². The number of carbonyl (C=O) groups excluding carboxylic acids is 1. The topological polar surface area (TPSA) is 102 Å². The van der Waals surface area contributed by atoms with Crippen LogP contribution in [0, 0.1) is 11.3 Å². The molecule has 174 valence electrons. The number of carbonyl (C=O) groups is 1. The number of sulfonamides is 1. The maximum absolute atomic E-state index is 12.5. The van der Waals surface area contributed by atoms with Gasteiger partial charge in [-0.15, -0.1) is 0 Å². The first-order chi connectivity index (χ1) is 16.5. The SMILES string of the molecule is N#CCCNS(=O)(=O)c1ccc(C(=O)NCCCN2c3ccccc3Sc3ccccc32)cc1. The lowest BCUT2D eigenvalue weighted by Gasteiger charge is -2.32. The van der Waals surface area contributed by atoms with Gasteiger partial charge in [-0.25, -0.2) is 13.1 Å². The molecule has 1 aliphatic heterocycles. The Hall–Kier alpha value is -3.32. The molecular formula is C25H24N4O3S2. The van der Waals surface area contributed by atoms with E-state index in [-0.39, 0.29) is 23.8 Å². The monoisotopic (exact) mass is 492 g/mol. The van der Waals surface area contributed by atoms with Crippen LogP contribution in [0.1, 0.15) is 23.2 Å². The van der Waals surface area contributed by atoms with Gasteiger partial charge >= 0.3 is 0 Å². The van der Waals surface area contributed by atoms with Crippen molar-refractivity contribution >= 4 is 39.1 Å². The molecule has 0 aromatic heterocycles. The van der Waals surface area contributed by atoms with Gasteiger partial charge in [0, 0.05) is 41.4 Å². The number of hydrogen-bond donors (Lipinski definition) is 2. The molecular weight excluding hydrogens is 468 g/mol. The fourth-order valence-corrected chi connectivity index (χ4v) is 5.80. The average Bonchev–Trinajstić information content (AvgIpc) is 2.86. The van der Waals surface area contributed by atoms with Crippen LogP contribution < -0.4 is 14.9 Å². The second kappa shape index (κ2) is 10.7. The summed E-state index contributed by atoms with van der Waals surface area (Å²) in [5.74, 6) is -0.253. The first-order valence-electron chi connectivity index (χ1n) is 10.9. The second-order valence-electron chi connectivity index (χ2n) is 7.63. The second-order valence-corrected chi connectivity index (χ2v) is 10.5. The lowest BCUT2D eigenvalue weighted by atomic mass is 10.2. The Balaban J connectivity index is 1.34. The lowest BCUT2D eigenvalue weighted by Crippen LogP contribution is -2.29. The highest BCUT2D eigenvalue weighted by Gasteiger charge is 2.22. The van der Waals surface area contributed by atoms with Crippen molar-refractivity contribution in [3.8, 4) is 6.07 Å². The molecule has 0 radical (unpaired) electrons. The van der Waals surface area contributed by atoms with Crippen molar-refractivity contribution in [3.05, 3.63) is 78.4 Å². The third kappa shape index (κ3) is 5.42. The van der Waals surface area contributed by atoms with Gasteiger partial charge in [0.15, 0.2) is 0 Å². The van der Waals surface area contributed by atoms with Crippen molar-refractivity contribution in [1.29, 1.82) is 5.26 Å². The molecule has 1 aliphatic rings. The maximum Gasteiger partial charge on any atom is 0.251 e. The summed E-state index contributed by atoms with van der Waals surface area (Å²) in [6, 6.07) is 24.3. The molecule has 9 heteroatoms. The first-order valence-corrected chi connectivity index (χ1v) is 13.2. The highest BCUT2D eigenvalue weighted by Crippen LogP contribution is 2.47. The predicted molar refractivity (Wildman–Crippen MR) is 133 cm³/mol. The quantitative estimate of drug-likeness (QED) is 0.432. The number of fused-ring (bicyclic) bond motifs is 2. The summed E-state index contributed by atoms with van der Waals surface area (Å²) in [6.45, 7) is 1.29. The van der Waals surface area contributed by atoms with Crippen LogP contribution in [0.3, 0.4) is 0 Å². The van der Waals surface area contributed by atoms with E-state index in [1.54, 1.807) is 11.8 Å². The third-order valence-corrected chi connectivity index (χ3v) is 7.94. The zero-order valence-electron chi connectivity index (χ0n) is 18.4. The standard InChI is InChI=1S/C25H24N4O3S2/c26-15-5-17-28-34(31,32)20-13-11-19(12-14-20)25(30)27-16-6-18-29-21-7-1-3-9-23(21)33-24-10-4-2-8-22(24)29/h1-4,7-14,28H,5-6,16-18H2,(H,27,30). The van der Waals surface area contributed by atoms with E-state index in [0.717, 1.165) is 24.3 Å². The Morgan fingerprint density at radius 1 is 0.912 bits per heavy atom. The Labute approximate surface area is 203 Å². The van der Waals surface area contributed by atoms with E-state index in [1.807, 2.05) is 30.3 Å². The largest absolute Gasteiger partial charge is 0.352 e. The molecule has 1 amide bonds. The predicted octanol–water partition coefficient (Wildman–Crippen LogP) is 4.30. The van der Waals surface area contributed by atoms with E-state index in [4.69, 9.17) is 5.26 Å². The molecule has 7 nitrogen and oxygen atoms in total. The van der Waals surface area contributed by atoms with E-state index < -0.39 is 10.0 Å². The van der Waals surface area contributed by atoms with Gasteiger partial charge in [-0.05, 0) is 55.0 Å². The Bertz CT molecular complexity index is 1270. The molecule has 0 unspecified atom stereocenters. The van der Waals surface area contributed by atoms with Gasteiger partial charge in [0.05, 0.1) is 22.3 Å². The minimum atomic E-state index is -3.70. The van der Waals surface area contributed by atoms with Gasteiger partial charge in [-0.3, -0.25) is 4.79 Å². The first kappa shape index (κ1) is 23.8. The van der Waals surface area contributed by atoms with Crippen molar-refractivity contribution < 1.29 is 13.2 Å². The molecule has 0 fully saturated rings. The van der Waals surface area contributed by atoms with E-state index in [9.17, 15) is 13.2 Å². The van der Waals surface area contributed by atoms with Crippen LogP contribution in [0.5, 0.6) is 0 Å². The molecule has 0 atom stereocenters. The van der Waals surface area contributed by atoms with Crippen LogP contribution in [0.25, 0.3) is 0 Å². The number of amides is 1. The summed E-state index contributed by atoms with van der Waals surface area (Å²) < 4.78 is 26.8. The van der Waals surface area contributed by atoms with Gasteiger partial charge in [0.1, 0.15) is 0 Å². The maximum atomic E-state index is 12.5. The lowest BCUT2D eigenvalue weighted by molar-refractivity contribution is 0.0953. The van der Waals surface area contributed by atoms with Crippen LogP contribution >= 0.6 is 11.8 Å². The summed E-state index contributed by atoms with van der Waals surface area (Å²) in [7, 11) is -3.70. The summed E-state index contributed by atoms with van der Waals surface area (Å²) in [5.41, 5.74) is 2.72. The fraction of sp³-hybridized carbons (Fsp3) is 0.200. The highest BCUT2D eigenvalue weighted by atomic mass is 32.2. The van der Waals surface area contributed by atoms with E-state index >= 15 is 0 Å². The molecule has 4 rings (SSSR count). The van der Waals surface area contributed by atoms with Crippen LogP contribution in [0.4, 0.5) is 11.4 Å². The molecule has 0 aliphatic carbocycles. The molecule has 1 heterocycles. The van der Waals surface area contributed by atoms with Crippen LogP contribution in [-0.4, -0.2) is 34.0 Å². The van der Waals surface area contributed by atoms with Crippen molar-refractivity contribution in [3.63, 3.8) is 0 Å². The minimum Gasteiger partial charge on any atom is -0.352 e. The number of anilines is 2. The number of hydrogen-bond acceptors (Lipinski definition) is 6. The molecule has 0 saturated carbocycles. The van der Waals surface area contributed by atoms with Gasteiger partial charge in [-0.1, -0.05) is 36.0 Å². The molecule has 3 aromatic carbocycles. The average molecular weight is 493 g/mol. The number of nitrogens with zero attached hydrogens (tertiary/aromatic N) is 2. The minimum absolute atomic E-state index is 0.0473. The van der Waals surface area contributed by atoms with Crippen molar-refractivity contribution in [2.24, 2.45) is 0 Å². The Morgan fingerprint density at radius 2 is 1.53 bits per heavy atom. The summed E-state index contributed by atoms with van der Waals surface area (Å²) >= 11 is 1.76. The molecule has 3 aromatic rings. The van der Waals surface area contributed by atoms with Crippen LogP contribution in [-0.2, 0) is 10.0 Å². The highest BCUT2D eigenvalue weighted by molar-refractivity contribution is 7.99. The molecule has 34 heavy (non-hydrogen) atoms. The molecule has 0 bridgehead atoms. The normalized spacial score (nSPS) is 12.4. The van der Waals surface area contributed by atoms with Crippen molar-refractivity contribution in [2.45, 2.75) is 27.5 Å². The summed E-state index contributed by atoms with van der Waals surface area (Å²) in [6.07, 6.45) is 0.835. The van der Waals surface area contributed by atoms with Gasteiger partial charge in [0.25, 0.3) is 5.91 Å². The van der Waals surface area contributed by atoms with E-state index in [2.05, 4.69) is 39.2 Å². The van der Waals surface area contributed by atoms with Crippen LogP contribution in [0.15, 0.2) is 87.5 Å². The molecule has 0 spiro atoms. The number of benzene rings is 3. The number of rotatable bonds is 9. The fourth-order valence-electron chi connectivity index (χ4n) is 3.67. The molecule has 2 N–H and O–H groups in total. The number of para-hydroxylation sites is 2.